The molecule has 0 bridgehead atoms. The average Bonchev–Trinajstić information content (AvgIpc) is 2.02. The lowest BCUT2D eigenvalue weighted by Gasteiger charge is -2.02. The molecule has 0 aliphatic carbocycles. The van der Waals surface area contributed by atoms with Crippen LogP contribution in [-0.2, 0) is 0 Å². The molecule has 0 atom stereocenters. The summed E-state index contributed by atoms with van der Waals surface area (Å²) in [6, 6.07) is 5.41. The van der Waals surface area contributed by atoms with E-state index in [0.717, 1.165) is 10.9 Å². The first-order valence-electron chi connectivity index (χ1n) is 3.96. The quantitative estimate of drug-likeness (QED) is 0.586. The average molecular weight is 174 g/mol. The van der Waals surface area contributed by atoms with Crippen molar-refractivity contribution in [1.29, 1.82) is 0 Å². The van der Waals surface area contributed by atoms with Crippen LogP contribution in [-0.4, -0.2) is 9.97 Å². The van der Waals surface area contributed by atoms with Gasteiger partial charge in [-0.15, -0.1) is 0 Å². The second-order valence-corrected chi connectivity index (χ2v) is 2.93. The first-order valence-corrected chi connectivity index (χ1v) is 3.96. The Balaban J connectivity index is 2.86. The topological polar surface area (TPSA) is 77.8 Å². The molecule has 4 nitrogen and oxygen atoms in total. The van der Waals surface area contributed by atoms with Crippen LogP contribution in [0.5, 0.6) is 0 Å². The Morgan fingerprint density at radius 2 is 1.92 bits per heavy atom. The summed E-state index contributed by atoms with van der Waals surface area (Å²) in [4.78, 5) is 8.28. The van der Waals surface area contributed by atoms with Crippen LogP contribution in [0.2, 0.25) is 0 Å². The molecule has 0 unspecified atom stereocenters. The van der Waals surface area contributed by atoms with Gasteiger partial charge in [0.2, 0.25) is 0 Å². The molecule has 0 saturated heterocycles. The number of nitrogens with two attached hydrogens (primary N) is 2. The van der Waals surface area contributed by atoms with Gasteiger partial charge < -0.3 is 11.5 Å². The van der Waals surface area contributed by atoms with Gasteiger partial charge >= 0.3 is 0 Å². The fourth-order valence-electron chi connectivity index (χ4n) is 1.29. The van der Waals surface area contributed by atoms with Gasteiger partial charge in [0.25, 0.3) is 0 Å². The maximum Gasteiger partial charge on any atom is 0.135 e. The first kappa shape index (κ1) is 7.79. The van der Waals surface area contributed by atoms with Crippen LogP contribution < -0.4 is 11.5 Å². The normalized spacial score (nSPS) is 10.5. The summed E-state index contributed by atoms with van der Waals surface area (Å²) in [6.07, 6.45) is 0. The predicted molar refractivity (Wildman–Crippen MR) is 53.1 cm³/mol. The van der Waals surface area contributed by atoms with E-state index in [2.05, 4.69) is 9.97 Å². The maximum atomic E-state index is 5.72. The van der Waals surface area contributed by atoms with Gasteiger partial charge in [0.05, 0.1) is 5.52 Å². The second kappa shape index (κ2) is 2.58. The number of nitrogens with zero attached hydrogens (tertiary/aromatic N) is 2. The van der Waals surface area contributed by atoms with E-state index in [1.54, 1.807) is 19.1 Å². The van der Waals surface area contributed by atoms with Crippen molar-refractivity contribution in [3.8, 4) is 0 Å². The fourth-order valence-corrected chi connectivity index (χ4v) is 1.29. The summed E-state index contributed by atoms with van der Waals surface area (Å²) in [5.41, 5.74) is 12.8. The van der Waals surface area contributed by atoms with Crippen molar-refractivity contribution in [1.82, 2.24) is 9.97 Å². The molecule has 0 aliphatic heterocycles. The molecule has 0 fully saturated rings. The third-order valence-corrected chi connectivity index (χ3v) is 1.86. The first-order chi connectivity index (χ1) is 6.16. The molecule has 2 aromatic rings. The number of hydrogen-bond acceptors (Lipinski definition) is 4. The highest BCUT2D eigenvalue weighted by Crippen LogP contribution is 2.19. The molecule has 4 heteroatoms. The second-order valence-electron chi connectivity index (χ2n) is 2.93. The Hall–Kier alpha value is -1.84. The van der Waals surface area contributed by atoms with Crippen molar-refractivity contribution in [2.24, 2.45) is 0 Å². The monoisotopic (exact) mass is 174 g/mol. The summed E-state index contributed by atoms with van der Waals surface area (Å²) >= 11 is 0. The van der Waals surface area contributed by atoms with E-state index in [4.69, 9.17) is 11.5 Å². The van der Waals surface area contributed by atoms with Crippen molar-refractivity contribution in [3.05, 3.63) is 24.0 Å². The van der Waals surface area contributed by atoms with Crippen LogP contribution in [0.15, 0.2) is 18.2 Å². The number of aryl methyl sites for hydroxylation is 1. The van der Waals surface area contributed by atoms with Crippen LogP contribution in [0.3, 0.4) is 0 Å². The summed E-state index contributed by atoms with van der Waals surface area (Å²) in [7, 11) is 0. The molecule has 0 amide bonds. The molecule has 2 rings (SSSR count). The zero-order valence-electron chi connectivity index (χ0n) is 7.28. The van der Waals surface area contributed by atoms with Crippen molar-refractivity contribution in [3.63, 3.8) is 0 Å². The van der Waals surface area contributed by atoms with Gasteiger partial charge in [0.15, 0.2) is 0 Å². The molecule has 1 aromatic carbocycles. The zero-order chi connectivity index (χ0) is 9.42. The van der Waals surface area contributed by atoms with Crippen molar-refractivity contribution >= 4 is 22.4 Å². The van der Waals surface area contributed by atoms with E-state index in [9.17, 15) is 0 Å². The lowest BCUT2D eigenvalue weighted by atomic mass is 10.2. The van der Waals surface area contributed by atoms with E-state index < -0.39 is 0 Å². The third-order valence-electron chi connectivity index (χ3n) is 1.86. The minimum Gasteiger partial charge on any atom is -0.399 e. The van der Waals surface area contributed by atoms with Crippen LogP contribution in [0.4, 0.5) is 11.5 Å². The van der Waals surface area contributed by atoms with Crippen LogP contribution in [0.25, 0.3) is 10.9 Å². The molecule has 1 aromatic heterocycles. The lowest BCUT2D eigenvalue weighted by Crippen LogP contribution is -1.97. The SMILES string of the molecule is Cc1nc(N)c2ccc(N)cc2n1. The van der Waals surface area contributed by atoms with Gasteiger partial charge in [0.1, 0.15) is 11.6 Å². The Morgan fingerprint density at radius 3 is 2.69 bits per heavy atom. The van der Waals surface area contributed by atoms with Gasteiger partial charge in [-0.2, -0.15) is 0 Å². The smallest absolute Gasteiger partial charge is 0.135 e. The number of anilines is 2. The lowest BCUT2D eigenvalue weighted by molar-refractivity contribution is 1.10. The van der Waals surface area contributed by atoms with Gasteiger partial charge in [0, 0.05) is 11.1 Å². The Labute approximate surface area is 75.6 Å². The Morgan fingerprint density at radius 1 is 1.15 bits per heavy atom. The zero-order valence-corrected chi connectivity index (χ0v) is 7.28. The van der Waals surface area contributed by atoms with E-state index in [1.165, 1.54) is 0 Å². The van der Waals surface area contributed by atoms with Gasteiger partial charge in [-0.1, -0.05) is 0 Å². The Kier molecular flexibility index (Phi) is 1.55. The molecular formula is C9H10N4. The van der Waals surface area contributed by atoms with E-state index >= 15 is 0 Å². The molecule has 0 radical (unpaired) electrons. The largest absolute Gasteiger partial charge is 0.399 e. The standard InChI is InChI=1S/C9H10N4/c1-5-12-8-4-6(10)2-3-7(8)9(11)13-5/h2-4H,10H2,1H3,(H2,11,12,13). The van der Waals surface area contributed by atoms with Gasteiger partial charge in [-0.05, 0) is 25.1 Å². The molecule has 0 aliphatic rings. The van der Waals surface area contributed by atoms with Crippen LogP contribution in [0, 0.1) is 6.92 Å². The molecule has 4 N–H and O–H groups in total. The number of rotatable bonds is 0. The number of nitrogen functional groups attached to an aromatic ring is 2. The number of benzene rings is 1. The van der Waals surface area contributed by atoms with Crippen molar-refractivity contribution in [2.45, 2.75) is 6.92 Å². The van der Waals surface area contributed by atoms with Crippen molar-refractivity contribution < 1.29 is 0 Å². The molecule has 0 saturated carbocycles. The highest BCUT2D eigenvalue weighted by Gasteiger charge is 2.01. The highest BCUT2D eigenvalue weighted by molar-refractivity contribution is 5.89. The summed E-state index contributed by atoms with van der Waals surface area (Å²) in [5.74, 6) is 1.16. The summed E-state index contributed by atoms with van der Waals surface area (Å²) in [6.45, 7) is 1.80. The minimum absolute atomic E-state index is 0.502. The summed E-state index contributed by atoms with van der Waals surface area (Å²) < 4.78 is 0. The predicted octanol–water partition coefficient (Wildman–Crippen LogP) is 1.10. The van der Waals surface area contributed by atoms with Gasteiger partial charge in [-0.3, -0.25) is 0 Å². The fraction of sp³-hybridized carbons (Fsp3) is 0.111. The number of fused-ring (bicyclic) bond motifs is 1. The highest BCUT2D eigenvalue weighted by atomic mass is 14.9. The Bertz CT molecular complexity index is 459. The molecular weight excluding hydrogens is 164 g/mol. The molecule has 13 heavy (non-hydrogen) atoms. The molecule has 0 spiro atoms. The van der Waals surface area contributed by atoms with E-state index in [0.29, 0.717) is 17.3 Å². The number of hydrogen-bond donors (Lipinski definition) is 2. The molecule has 66 valence electrons. The minimum atomic E-state index is 0.502. The third kappa shape index (κ3) is 1.26. The van der Waals surface area contributed by atoms with Crippen LogP contribution >= 0.6 is 0 Å². The van der Waals surface area contributed by atoms with E-state index in [1.807, 2.05) is 6.07 Å². The van der Waals surface area contributed by atoms with Crippen LogP contribution in [0.1, 0.15) is 5.82 Å². The molecule has 1 heterocycles. The van der Waals surface area contributed by atoms with E-state index in [-0.39, 0.29) is 0 Å². The van der Waals surface area contributed by atoms with Crippen molar-refractivity contribution in [2.75, 3.05) is 11.5 Å². The number of aromatic nitrogens is 2. The summed E-state index contributed by atoms with van der Waals surface area (Å²) in [5, 5.41) is 0.847. The maximum absolute atomic E-state index is 5.72. The van der Waals surface area contributed by atoms with Gasteiger partial charge in [-0.25, -0.2) is 9.97 Å².